The van der Waals surface area contributed by atoms with E-state index in [1.165, 1.54) is 11.1 Å². The molecule has 2 heteroatoms. The molecule has 2 nitrogen and oxygen atoms in total. The molecule has 0 fully saturated rings. The van der Waals surface area contributed by atoms with Crippen molar-refractivity contribution in [1.29, 1.82) is 0 Å². The van der Waals surface area contributed by atoms with Gasteiger partial charge in [-0.25, -0.2) is 0 Å². The Balaban J connectivity index is 2.63. The molecule has 0 saturated heterocycles. The maximum atomic E-state index is 6.30. The maximum Gasteiger partial charge on any atom is 0.189 e. The number of allylic oxidation sites excluding steroid dienone is 4. The van der Waals surface area contributed by atoms with E-state index in [1.54, 1.807) is 0 Å². The van der Waals surface area contributed by atoms with Crippen molar-refractivity contribution in [3.8, 4) is 11.5 Å². The monoisotopic (exact) mass is 462 g/mol. The molecule has 0 atom stereocenters. The molecule has 186 valence electrons. The van der Waals surface area contributed by atoms with Gasteiger partial charge in [0, 0.05) is 22.3 Å². The van der Waals surface area contributed by atoms with Gasteiger partial charge in [-0.05, 0) is 47.7 Å². The minimum atomic E-state index is 0.0717. The molecule has 0 aliphatic rings. The first-order chi connectivity index (χ1) is 15.6. The van der Waals surface area contributed by atoms with Crippen LogP contribution in [-0.4, -0.2) is 0 Å². The minimum Gasteiger partial charge on any atom is -0.289 e. The lowest BCUT2D eigenvalue weighted by molar-refractivity contribution is -0.102. The highest BCUT2D eigenvalue weighted by molar-refractivity contribution is 5.72. The second-order valence-electron chi connectivity index (χ2n) is 12.3. The molecule has 0 aliphatic heterocycles. The van der Waals surface area contributed by atoms with Gasteiger partial charge in [0.1, 0.15) is 0 Å². The summed E-state index contributed by atoms with van der Waals surface area (Å²) < 4.78 is 0. The third-order valence-electron chi connectivity index (χ3n) is 5.69. The number of hydrogen-bond acceptors (Lipinski definition) is 2. The molecular weight excluding hydrogens is 416 g/mol. The fourth-order valence-electron chi connectivity index (χ4n) is 4.36. The van der Waals surface area contributed by atoms with Crippen molar-refractivity contribution in [2.75, 3.05) is 0 Å². The summed E-state index contributed by atoms with van der Waals surface area (Å²) in [6.45, 7) is 26.4. The summed E-state index contributed by atoms with van der Waals surface area (Å²) in [4.78, 5) is 12.6. The number of hydrogen-bond donors (Lipinski definition) is 0. The first kappa shape index (κ1) is 27.8. The van der Waals surface area contributed by atoms with Crippen LogP contribution in [0, 0.1) is 10.8 Å². The number of rotatable bonds is 7. The maximum absolute atomic E-state index is 6.30. The van der Waals surface area contributed by atoms with Gasteiger partial charge in [-0.1, -0.05) is 118 Å². The van der Waals surface area contributed by atoms with E-state index in [4.69, 9.17) is 9.78 Å². The van der Waals surface area contributed by atoms with Gasteiger partial charge in [-0.3, -0.25) is 9.78 Å². The summed E-state index contributed by atoms with van der Waals surface area (Å²) in [5.41, 5.74) is 6.96. The van der Waals surface area contributed by atoms with Crippen LogP contribution < -0.4 is 9.78 Å². The topological polar surface area (TPSA) is 18.5 Å². The van der Waals surface area contributed by atoms with Crippen molar-refractivity contribution < 1.29 is 9.78 Å². The van der Waals surface area contributed by atoms with E-state index in [9.17, 15) is 0 Å². The molecule has 2 aromatic carbocycles. The lowest BCUT2D eigenvalue weighted by Gasteiger charge is -2.22. The van der Waals surface area contributed by atoms with Crippen LogP contribution in [0.5, 0.6) is 11.5 Å². The zero-order chi connectivity index (χ0) is 25.8. The number of para-hydroxylation sites is 2. The Bertz CT molecular complexity index is 952. The average Bonchev–Trinajstić information content (AvgIpc) is 2.68. The third-order valence-corrected chi connectivity index (χ3v) is 5.69. The summed E-state index contributed by atoms with van der Waals surface area (Å²) in [5.74, 6) is 2.22. The Hall–Kier alpha value is -2.48. The second kappa shape index (κ2) is 10.8. The molecule has 0 heterocycles. The van der Waals surface area contributed by atoms with Crippen LogP contribution in [0.4, 0.5) is 0 Å². The van der Waals surface area contributed by atoms with Crippen LogP contribution in [0.3, 0.4) is 0 Å². The summed E-state index contributed by atoms with van der Waals surface area (Å²) >= 11 is 0. The average molecular weight is 463 g/mol. The number of benzene rings is 2. The zero-order valence-corrected chi connectivity index (χ0v) is 23.6. The van der Waals surface area contributed by atoms with Crippen molar-refractivity contribution in [3.05, 3.63) is 70.8 Å². The van der Waals surface area contributed by atoms with Crippen LogP contribution in [0.25, 0.3) is 11.1 Å². The molecular formula is C32H46O2. The van der Waals surface area contributed by atoms with Crippen LogP contribution in [0.1, 0.15) is 117 Å². The van der Waals surface area contributed by atoms with Gasteiger partial charge in [0.15, 0.2) is 11.5 Å². The van der Waals surface area contributed by atoms with E-state index >= 15 is 0 Å². The fourth-order valence-corrected chi connectivity index (χ4v) is 4.36. The van der Waals surface area contributed by atoms with Gasteiger partial charge >= 0.3 is 0 Å². The lowest BCUT2D eigenvalue weighted by atomic mass is 9.89. The highest BCUT2D eigenvalue weighted by Crippen LogP contribution is 2.39. The molecule has 0 amide bonds. The molecule has 0 radical (unpaired) electrons. The van der Waals surface area contributed by atoms with E-state index in [2.05, 4.69) is 132 Å². The van der Waals surface area contributed by atoms with Gasteiger partial charge in [-0.2, -0.15) is 0 Å². The summed E-state index contributed by atoms with van der Waals surface area (Å²) in [7, 11) is 0. The van der Waals surface area contributed by atoms with E-state index < -0.39 is 0 Å². The van der Waals surface area contributed by atoms with Gasteiger partial charge in [0.2, 0.25) is 0 Å². The molecule has 0 unspecified atom stereocenters. The van der Waals surface area contributed by atoms with Crippen LogP contribution in [-0.2, 0) is 0 Å². The van der Waals surface area contributed by atoms with Gasteiger partial charge < -0.3 is 0 Å². The fraction of sp³-hybridized carbons (Fsp3) is 0.500. The van der Waals surface area contributed by atoms with E-state index in [0.717, 1.165) is 33.8 Å². The van der Waals surface area contributed by atoms with Crippen molar-refractivity contribution >= 4 is 11.1 Å². The third kappa shape index (κ3) is 7.52. The summed E-state index contributed by atoms with van der Waals surface area (Å²) in [6.07, 6.45) is 4.59. The molecule has 0 bridgehead atoms. The Morgan fingerprint density at radius 2 is 0.941 bits per heavy atom. The quantitative estimate of drug-likeness (QED) is 0.301. The molecule has 0 N–H and O–H groups in total. The van der Waals surface area contributed by atoms with Crippen molar-refractivity contribution in [2.45, 2.75) is 94.9 Å². The molecule has 0 aromatic heterocycles. The normalized spacial score (nSPS) is 13.6. The first-order valence-corrected chi connectivity index (χ1v) is 12.6. The Morgan fingerprint density at radius 1 is 0.618 bits per heavy atom. The predicted octanol–water partition coefficient (Wildman–Crippen LogP) is 10.2. The molecule has 2 rings (SSSR count). The smallest absolute Gasteiger partial charge is 0.189 e. The lowest BCUT2D eigenvalue weighted by Crippen LogP contribution is -2.11. The molecule has 2 aromatic rings. The Labute approximate surface area is 209 Å². The Morgan fingerprint density at radius 3 is 1.21 bits per heavy atom. The Kier molecular flexibility index (Phi) is 8.86. The van der Waals surface area contributed by atoms with Crippen molar-refractivity contribution in [3.63, 3.8) is 0 Å². The SMILES string of the molecule is CC(=CC(C)(C)C)c1cccc(C(C)C)c1OOc1c(C(C)=CC(C)(C)C)cccc1C(C)C. The predicted molar refractivity (Wildman–Crippen MR) is 149 cm³/mol. The van der Waals surface area contributed by atoms with Crippen LogP contribution in [0.15, 0.2) is 48.6 Å². The van der Waals surface area contributed by atoms with Gasteiger partial charge in [0.05, 0.1) is 0 Å². The standard InChI is InChI=1S/C32H46O2/c1-21(2)25-15-13-17-27(23(5)19-31(7,8)9)29(25)33-34-30-26(22(3)4)16-14-18-28(30)24(6)20-32(10,11)12/h13-22H,1-12H3. The van der Waals surface area contributed by atoms with Crippen LogP contribution in [0.2, 0.25) is 0 Å². The highest BCUT2D eigenvalue weighted by Gasteiger charge is 2.21. The van der Waals surface area contributed by atoms with E-state index in [-0.39, 0.29) is 10.8 Å². The molecule has 34 heavy (non-hydrogen) atoms. The van der Waals surface area contributed by atoms with Crippen molar-refractivity contribution in [2.24, 2.45) is 10.8 Å². The molecule has 0 spiro atoms. The zero-order valence-electron chi connectivity index (χ0n) is 23.6. The summed E-state index contributed by atoms with van der Waals surface area (Å²) in [6, 6.07) is 12.8. The van der Waals surface area contributed by atoms with E-state index in [1.807, 2.05) is 0 Å². The minimum absolute atomic E-state index is 0.0717. The van der Waals surface area contributed by atoms with Crippen LogP contribution >= 0.6 is 0 Å². The summed E-state index contributed by atoms with van der Waals surface area (Å²) in [5, 5.41) is 0. The molecule has 0 aliphatic carbocycles. The largest absolute Gasteiger partial charge is 0.289 e. The van der Waals surface area contributed by atoms with Gasteiger partial charge in [-0.15, -0.1) is 0 Å². The van der Waals surface area contributed by atoms with Gasteiger partial charge in [0.25, 0.3) is 0 Å². The second-order valence-corrected chi connectivity index (χ2v) is 12.3. The highest BCUT2D eigenvalue weighted by atomic mass is 17.2. The van der Waals surface area contributed by atoms with Crippen molar-refractivity contribution in [1.82, 2.24) is 0 Å². The van der Waals surface area contributed by atoms with E-state index in [0.29, 0.717) is 11.8 Å². The molecule has 0 saturated carbocycles. The first-order valence-electron chi connectivity index (χ1n) is 12.6.